The largest absolute Gasteiger partial charge is 0.493 e. The SMILES string of the molecule is COc1cc(C(=O)Nc2ccc(CC(=O)O)cc2)ccc1OC1CCCC1. The van der Waals surface area contributed by atoms with Crippen molar-refractivity contribution in [1.82, 2.24) is 0 Å². The Kier molecular flexibility index (Phi) is 5.96. The Morgan fingerprint density at radius 1 is 1.07 bits per heavy atom. The summed E-state index contributed by atoms with van der Waals surface area (Å²) < 4.78 is 11.4. The summed E-state index contributed by atoms with van der Waals surface area (Å²) in [7, 11) is 1.56. The van der Waals surface area contributed by atoms with E-state index in [0.29, 0.717) is 28.3 Å². The first-order valence-electron chi connectivity index (χ1n) is 9.02. The highest BCUT2D eigenvalue weighted by Gasteiger charge is 2.19. The van der Waals surface area contributed by atoms with Gasteiger partial charge in [0.15, 0.2) is 11.5 Å². The summed E-state index contributed by atoms with van der Waals surface area (Å²) in [5.41, 5.74) is 1.73. The molecule has 0 atom stereocenters. The summed E-state index contributed by atoms with van der Waals surface area (Å²) in [5, 5.41) is 11.6. The van der Waals surface area contributed by atoms with Gasteiger partial charge in [-0.25, -0.2) is 0 Å². The van der Waals surface area contributed by atoms with Crippen LogP contribution in [0.3, 0.4) is 0 Å². The Labute approximate surface area is 158 Å². The summed E-state index contributed by atoms with van der Waals surface area (Å²) >= 11 is 0. The second kappa shape index (κ2) is 8.58. The summed E-state index contributed by atoms with van der Waals surface area (Å²) in [6.07, 6.45) is 4.61. The lowest BCUT2D eigenvalue weighted by Gasteiger charge is -2.16. The number of anilines is 1. The summed E-state index contributed by atoms with van der Waals surface area (Å²) in [6.45, 7) is 0. The van der Waals surface area contributed by atoms with Gasteiger partial charge in [-0.2, -0.15) is 0 Å². The number of methoxy groups -OCH3 is 1. The fraction of sp³-hybridized carbons (Fsp3) is 0.333. The van der Waals surface area contributed by atoms with Gasteiger partial charge < -0.3 is 19.9 Å². The van der Waals surface area contributed by atoms with Crippen molar-refractivity contribution in [3.05, 3.63) is 53.6 Å². The van der Waals surface area contributed by atoms with E-state index in [4.69, 9.17) is 14.6 Å². The van der Waals surface area contributed by atoms with E-state index in [-0.39, 0.29) is 18.4 Å². The molecule has 3 rings (SSSR count). The zero-order valence-corrected chi connectivity index (χ0v) is 15.2. The first-order chi connectivity index (χ1) is 13.0. The Morgan fingerprint density at radius 3 is 2.41 bits per heavy atom. The minimum Gasteiger partial charge on any atom is -0.493 e. The lowest BCUT2D eigenvalue weighted by atomic mass is 10.1. The van der Waals surface area contributed by atoms with E-state index < -0.39 is 5.97 Å². The maximum Gasteiger partial charge on any atom is 0.307 e. The molecule has 0 aliphatic heterocycles. The molecule has 1 fully saturated rings. The molecule has 27 heavy (non-hydrogen) atoms. The number of carbonyl (C=O) groups excluding carboxylic acids is 1. The third kappa shape index (κ3) is 5.00. The molecule has 0 bridgehead atoms. The molecule has 0 aromatic heterocycles. The Bertz CT molecular complexity index is 810. The van der Waals surface area contributed by atoms with Crippen molar-refractivity contribution < 1.29 is 24.2 Å². The molecule has 2 aromatic carbocycles. The van der Waals surface area contributed by atoms with Gasteiger partial charge >= 0.3 is 5.97 Å². The predicted molar refractivity (Wildman–Crippen MR) is 102 cm³/mol. The van der Waals surface area contributed by atoms with Crippen molar-refractivity contribution in [1.29, 1.82) is 0 Å². The van der Waals surface area contributed by atoms with Crippen molar-refractivity contribution in [2.24, 2.45) is 0 Å². The predicted octanol–water partition coefficient (Wildman–Crippen LogP) is 3.90. The number of benzene rings is 2. The minimum absolute atomic E-state index is 0.0477. The van der Waals surface area contributed by atoms with Crippen molar-refractivity contribution in [2.75, 3.05) is 12.4 Å². The van der Waals surface area contributed by atoms with Gasteiger partial charge in [0.05, 0.1) is 19.6 Å². The van der Waals surface area contributed by atoms with E-state index in [9.17, 15) is 9.59 Å². The van der Waals surface area contributed by atoms with Crippen LogP contribution < -0.4 is 14.8 Å². The monoisotopic (exact) mass is 369 g/mol. The van der Waals surface area contributed by atoms with Crippen LogP contribution in [-0.2, 0) is 11.2 Å². The van der Waals surface area contributed by atoms with Crippen LogP contribution >= 0.6 is 0 Å². The lowest BCUT2D eigenvalue weighted by Crippen LogP contribution is -2.14. The molecule has 2 aromatic rings. The number of carboxylic acid groups (broad SMARTS) is 1. The fourth-order valence-corrected chi connectivity index (χ4v) is 3.18. The van der Waals surface area contributed by atoms with Crippen LogP contribution in [0.4, 0.5) is 5.69 Å². The van der Waals surface area contributed by atoms with Gasteiger partial charge in [-0.05, 0) is 61.6 Å². The molecule has 0 radical (unpaired) electrons. The molecule has 0 saturated heterocycles. The van der Waals surface area contributed by atoms with Gasteiger partial charge in [0.25, 0.3) is 5.91 Å². The van der Waals surface area contributed by atoms with Crippen molar-refractivity contribution >= 4 is 17.6 Å². The average molecular weight is 369 g/mol. The van der Waals surface area contributed by atoms with Gasteiger partial charge in [-0.1, -0.05) is 12.1 Å². The van der Waals surface area contributed by atoms with Crippen LogP contribution in [0.15, 0.2) is 42.5 Å². The Morgan fingerprint density at radius 2 is 1.78 bits per heavy atom. The number of nitrogens with one attached hydrogen (secondary N) is 1. The van der Waals surface area contributed by atoms with E-state index in [1.54, 1.807) is 49.6 Å². The molecule has 1 amide bonds. The summed E-state index contributed by atoms with van der Waals surface area (Å²) in [6, 6.07) is 11.9. The fourth-order valence-electron chi connectivity index (χ4n) is 3.18. The number of carbonyl (C=O) groups is 2. The molecule has 1 saturated carbocycles. The standard InChI is InChI=1S/C21H23NO5/c1-26-19-13-15(8-11-18(19)27-17-4-2-3-5-17)21(25)22-16-9-6-14(7-10-16)12-20(23)24/h6-11,13,17H,2-5,12H2,1H3,(H,22,25)(H,23,24). The molecule has 0 unspecified atom stereocenters. The van der Waals surface area contributed by atoms with Crippen LogP contribution in [0.1, 0.15) is 41.6 Å². The molecule has 142 valence electrons. The highest BCUT2D eigenvalue weighted by molar-refractivity contribution is 6.04. The van der Waals surface area contributed by atoms with Gasteiger partial charge in [0.1, 0.15) is 0 Å². The lowest BCUT2D eigenvalue weighted by molar-refractivity contribution is -0.136. The number of hydrogen-bond donors (Lipinski definition) is 2. The molecule has 0 heterocycles. The minimum atomic E-state index is -0.890. The number of aliphatic carboxylic acids is 1. The first-order valence-corrected chi connectivity index (χ1v) is 9.02. The number of carboxylic acids is 1. The second-order valence-electron chi connectivity index (χ2n) is 6.61. The Hall–Kier alpha value is -3.02. The zero-order chi connectivity index (χ0) is 19.2. The molecule has 1 aliphatic carbocycles. The maximum atomic E-state index is 12.5. The van der Waals surface area contributed by atoms with E-state index in [1.807, 2.05) is 0 Å². The van der Waals surface area contributed by atoms with E-state index >= 15 is 0 Å². The van der Waals surface area contributed by atoms with Gasteiger partial charge in [-0.3, -0.25) is 9.59 Å². The summed E-state index contributed by atoms with van der Waals surface area (Å²) in [4.78, 5) is 23.2. The molecular weight excluding hydrogens is 346 g/mol. The van der Waals surface area contributed by atoms with Crippen LogP contribution in [0.5, 0.6) is 11.5 Å². The van der Waals surface area contributed by atoms with Crippen molar-refractivity contribution in [3.8, 4) is 11.5 Å². The van der Waals surface area contributed by atoms with E-state index in [2.05, 4.69) is 5.32 Å². The molecular formula is C21H23NO5. The smallest absolute Gasteiger partial charge is 0.307 e. The van der Waals surface area contributed by atoms with Crippen LogP contribution in [0, 0.1) is 0 Å². The molecule has 2 N–H and O–H groups in total. The Balaban J connectivity index is 1.67. The number of amides is 1. The van der Waals surface area contributed by atoms with Gasteiger partial charge in [-0.15, -0.1) is 0 Å². The molecule has 6 nitrogen and oxygen atoms in total. The van der Waals surface area contributed by atoms with Crippen molar-refractivity contribution in [3.63, 3.8) is 0 Å². The zero-order valence-electron chi connectivity index (χ0n) is 15.2. The second-order valence-corrected chi connectivity index (χ2v) is 6.61. The van der Waals surface area contributed by atoms with Crippen molar-refractivity contribution in [2.45, 2.75) is 38.2 Å². The third-order valence-corrected chi connectivity index (χ3v) is 4.59. The van der Waals surface area contributed by atoms with E-state index in [0.717, 1.165) is 12.8 Å². The highest BCUT2D eigenvalue weighted by atomic mass is 16.5. The number of hydrogen-bond acceptors (Lipinski definition) is 4. The molecule has 1 aliphatic rings. The molecule has 6 heteroatoms. The normalized spacial score (nSPS) is 14.0. The van der Waals surface area contributed by atoms with Crippen LogP contribution in [0.25, 0.3) is 0 Å². The number of ether oxygens (including phenoxy) is 2. The topological polar surface area (TPSA) is 84.9 Å². The van der Waals surface area contributed by atoms with Crippen LogP contribution in [-0.4, -0.2) is 30.2 Å². The average Bonchev–Trinajstić information content (AvgIpc) is 3.16. The quantitative estimate of drug-likeness (QED) is 0.773. The first kappa shape index (κ1) is 18.8. The van der Waals surface area contributed by atoms with Gasteiger partial charge in [0.2, 0.25) is 0 Å². The molecule has 0 spiro atoms. The maximum absolute atomic E-state index is 12.5. The van der Waals surface area contributed by atoms with Crippen LogP contribution in [0.2, 0.25) is 0 Å². The number of rotatable bonds is 7. The summed E-state index contributed by atoms with van der Waals surface area (Å²) in [5.74, 6) is 0.0239. The van der Waals surface area contributed by atoms with Gasteiger partial charge in [0, 0.05) is 11.3 Å². The highest BCUT2D eigenvalue weighted by Crippen LogP contribution is 2.32. The third-order valence-electron chi connectivity index (χ3n) is 4.59. The van der Waals surface area contributed by atoms with E-state index in [1.165, 1.54) is 12.8 Å².